The van der Waals surface area contributed by atoms with Gasteiger partial charge in [0.25, 0.3) is 0 Å². The molecule has 5 nitrogen and oxygen atoms in total. The Balaban J connectivity index is 1.36. The predicted molar refractivity (Wildman–Crippen MR) is 127 cm³/mol. The largest absolute Gasteiger partial charge is 0.381 e. The summed E-state index contributed by atoms with van der Waals surface area (Å²) in [5, 5.41) is 10.9. The molecule has 6 heteroatoms. The van der Waals surface area contributed by atoms with Crippen LogP contribution in [0, 0.1) is 6.92 Å². The number of nitrogens with one attached hydrogen (secondary N) is 2. The molecule has 2 aliphatic heterocycles. The Morgan fingerprint density at radius 3 is 2.60 bits per heavy atom. The molecule has 0 unspecified atom stereocenters. The fraction of sp³-hybridized carbons (Fsp3) is 0.542. The first-order valence-corrected chi connectivity index (χ1v) is 12.0. The molecule has 0 spiro atoms. The number of nitrogens with zero attached hydrogens (tertiary/aromatic N) is 2. The van der Waals surface area contributed by atoms with Crippen LogP contribution in [0.1, 0.15) is 36.8 Å². The second kappa shape index (κ2) is 9.84. The van der Waals surface area contributed by atoms with E-state index in [4.69, 9.17) is 4.74 Å². The van der Waals surface area contributed by atoms with E-state index in [0.29, 0.717) is 6.04 Å². The molecule has 162 valence electrons. The molecule has 30 heavy (non-hydrogen) atoms. The highest BCUT2D eigenvalue weighted by molar-refractivity contribution is 7.14. The molecule has 0 bridgehead atoms. The summed E-state index contributed by atoms with van der Waals surface area (Å²) in [5.74, 6) is 0.920. The average Bonchev–Trinajstić information content (AvgIpc) is 3.33. The zero-order valence-corrected chi connectivity index (χ0v) is 19.0. The van der Waals surface area contributed by atoms with Crippen LogP contribution < -0.4 is 15.5 Å². The van der Waals surface area contributed by atoms with Crippen molar-refractivity contribution in [1.82, 2.24) is 10.6 Å². The van der Waals surface area contributed by atoms with Crippen molar-refractivity contribution in [3.63, 3.8) is 0 Å². The van der Waals surface area contributed by atoms with Crippen LogP contribution in [0.15, 0.2) is 46.8 Å². The van der Waals surface area contributed by atoms with Gasteiger partial charge in [-0.2, -0.15) is 0 Å². The Kier molecular flexibility index (Phi) is 6.95. The van der Waals surface area contributed by atoms with Crippen LogP contribution >= 0.6 is 11.3 Å². The quantitative estimate of drug-likeness (QED) is 0.562. The second-order valence-electron chi connectivity index (χ2n) is 8.49. The van der Waals surface area contributed by atoms with Crippen molar-refractivity contribution in [2.75, 3.05) is 44.8 Å². The van der Waals surface area contributed by atoms with Gasteiger partial charge >= 0.3 is 0 Å². The SMILES string of the molecule is CN=C(NCC1(c2ccccc2C)CCOCC1)NC1CCN(c2cccs2)CC1. The van der Waals surface area contributed by atoms with Crippen molar-refractivity contribution in [2.24, 2.45) is 4.99 Å². The van der Waals surface area contributed by atoms with Crippen molar-refractivity contribution in [1.29, 1.82) is 0 Å². The summed E-state index contributed by atoms with van der Waals surface area (Å²) < 4.78 is 5.70. The molecule has 0 radical (unpaired) electrons. The first-order valence-electron chi connectivity index (χ1n) is 11.1. The smallest absolute Gasteiger partial charge is 0.191 e. The Labute approximate surface area is 184 Å². The van der Waals surface area contributed by atoms with Crippen LogP contribution in [-0.4, -0.2) is 51.9 Å². The molecule has 2 aliphatic rings. The average molecular weight is 427 g/mol. The number of aryl methyl sites for hydroxylation is 1. The van der Waals surface area contributed by atoms with E-state index in [1.165, 1.54) is 16.1 Å². The maximum atomic E-state index is 5.70. The number of thiophene rings is 1. The molecule has 2 fully saturated rings. The molecule has 0 aliphatic carbocycles. The van der Waals surface area contributed by atoms with Gasteiger partial charge in [-0.15, -0.1) is 11.3 Å². The van der Waals surface area contributed by atoms with Crippen LogP contribution in [0.5, 0.6) is 0 Å². The number of aliphatic imine (C=N–C) groups is 1. The molecule has 2 saturated heterocycles. The van der Waals surface area contributed by atoms with Gasteiger partial charge in [-0.3, -0.25) is 4.99 Å². The topological polar surface area (TPSA) is 48.9 Å². The van der Waals surface area contributed by atoms with Crippen LogP contribution in [0.25, 0.3) is 0 Å². The van der Waals surface area contributed by atoms with Gasteiger partial charge in [-0.05, 0) is 61.2 Å². The van der Waals surface area contributed by atoms with Gasteiger partial charge in [0.1, 0.15) is 0 Å². The normalized spacial score (nSPS) is 20.2. The van der Waals surface area contributed by atoms with Gasteiger partial charge in [0.05, 0.1) is 5.00 Å². The van der Waals surface area contributed by atoms with E-state index in [-0.39, 0.29) is 5.41 Å². The lowest BCUT2D eigenvalue weighted by molar-refractivity contribution is 0.0511. The summed E-state index contributed by atoms with van der Waals surface area (Å²) in [5.41, 5.74) is 2.91. The number of rotatable bonds is 5. The molecule has 0 amide bonds. The van der Waals surface area contributed by atoms with Gasteiger partial charge in [-0.25, -0.2) is 0 Å². The van der Waals surface area contributed by atoms with Crippen LogP contribution in [-0.2, 0) is 10.2 Å². The minimum Gasteiger partial charge on any atom is -0.381 e. The van der Waals surface area contributed by atoms with Crippen LogP contribution in [0.2, 0.25) is 0 Å². The minimum atomic E-state index is 0.101. The number of anilines is 1. The van der Waals surface area contributed by atoms with E-state index in [1.54, 1.807) is 0 Å². The first kappa shape index (κ1) is 21.2. The molecule has 1 aromatic carbocycles. The van der Waals surface area contributed by atoms with E-state index in [9.17, 15) is 0 Å². The maximum Gasteiger partial charge on any atom is 0.191 e. The number of ether oxygens (including phenoxy) is 1. The molecule has 2 aromatic rings. The monoisotopic (exact) mass is 426 g/mol. The van der Waals surface area contributed by atoms with E-state index >= 15 is 0 Å². The Morgan fingerprint density at radius 2 is 1.93 bits per heavy atom. The van der Waals surface area contributed by atoms with E-state index in [2.05, 4.69) is 69.2 Å². The third-order valence-corrected chi connectivity index (χ3v) is 7.57. The molecule has 3 heterocycles. The maximum absolute atomic E-state index is 5.70. The molecule has 0 saturated carbocycles. The van der Waals surface area contributed by atoms with E-state index < -0.39 is 0 Å². The zero-order chi connectivity index (χ0) is 20.8. The van der Waals surface area contributed by atoms with Crippen LogP contribution in [0.3, 0.4) is 0 Å². The summed E-state index contributed by atoms with van der Waals surface area (Å²) in [6, 6.07) is 13.6. The van der Waals surface area contributed by atoms with Crippen molar-refractivity contribution in [2.45, 2.75) is 44.1 Å². The van der Waals surface area contributed by atoms with Crippen molar-refractivity contribution in [3.8, 4) is 0 Å². The fourth-order valence-corrected chi connectivity index (χ4v) is 5.59. The van der Waals surface area contributed by atoms with Gasteiger partial charge < -0.3 is 20.3 Å². The lowest BCUT2D eigenvalue weighted by Crippen LogP contribution is -2.52. The second-order valence-corrected chi connectivity index (χ2v) is 9.42. The Bertz CT molecular complexity index is 821. The van der Waals surface area contributed by atoms with Gasteiger partial charge in [0, 0.05) is 51.4 Å². The first-order chi connectivity index (χ1) is 14.7. The minimum absolute atomic E-state index is 0.101. The Morgan fingerprint density at radius 1 is 1.17 bits per heavy atom. The third kappa shape index (κ3) is 4.81. The van der Waals surface area contributed by atoms with Crippen molar-refractivity contribution in [3.05, 3.63) is 52.9 Å². The summed E-state index contributed by atoms with van der Waals surface area (Å²) in [6.07, 6.45) is 4.35. The standard InChI is InChI=1S/C24H34N4OS/c1-19-6-3-4-7-21(19)24(11-15-29-16-12-24)18-26-23(25-2)27-20-9-13-28(14-10-20)22-8-5-17-30-22/h3-8,17,20H,9-16,18H2,1-2H3,(H2,25,26,27). The number of benzene rings is 1. The fourth-order valence-electron chi connectivity index (χ4n) is 4.81. The summed E-state index contributed by atoms with van der Waals surface area (Å²) in [7, 11) is 1.88. The highest BCUT2D eigenvalue weighted by Gasteiger charge is 2.35. The molecule has 1 aromatic heterocycles. The highest BCUT2D eigenvalue weighted by Crippen LogP contribution is 2.36. The molecular weight excluding hydrogens is 392 g/mol. The molecular formula is C24H34N4OS. The molecule has 4 rings (SSSR count). The number of guanidine groups is 1. The summed E-state index contributed by atoms with van der Waals surface area (Å²) >= 11 is 1.83. The van der Waals surface area contributed by atoms with Gasteiger partial charge in [-0.1, -0.05) is 24.3 Å². The number of piperidine rings is 1. The molecule has 2 N–H and O–H groups in total. The summed E-state index contributed by atoms with van der Waals surface area (Å²) in [6.45, 7) is 6.95. The lowest BCUT2D eigenvalue weighted by atomic mass is 9.72. The number of hydrogen-bond donors (Lipinski definition) is 2. The zero-order valence-electron chi connectivity index (χ0n) is 18.2. The van der Waals surface area contributed by atoms with E-state index in [0.717, 1.165) is 64.5 Å². The van der Waals surface area contributed by atoms with E-state index in [1.807, 2.05) is 18.4 Å². The molecule has 0 atom stereocenters. The lowest BCUT2D eigenvalue weighted by Gasteiger charge is -2.39. The highest BCUT2D eigenvalue weighted by atomic mass is 32.1. The predicted octanol–water partition coefficient (Wildman–Crippen LogP) is 3.94. The van der Waals surface area contributed by atoms with Crippen molar-refractivity contribution < 1.29 is 4.74 Å². The number of hydrogen-bond acceptors (Lipinski definition) is 4. The Hall–Kier alpha value is -2.05. The summed E-state index contributed by atoms with van der Waals surface area (Å²) in [4.78, 5) is 7.03. The van der Waals surface area contributed by atoms with Crippen LogP contribution in [0.4, 0.5) is 5.00 Å². The van der Waals surface area contributed by atoms with Crippen molar-refractivity contribution >= 4 is 22.3 Å². The van der Waals surface area contributed by atoms with Gasteiger partial charge in [0.2, 0.25) is 0 Å². The van der Waals surface area contributed by atoms with Gasteiger partial charge in [0.15, 0.2) is 5.96 Å². The third-order valence-electron chi connectivity index (χ3n) is 6.64.